The highest BCUT2D eigenvalue weighted by molar-refractivity contribution is 6.30. The van der Waals surface area contributed by atoms with Crippen molar-refractivity contribution in [2.45, 2.75) is 25.7 Å². The van der Waals surface area contributed by atoms with E-state index in [0.717, 1.165) is 17.7 Å². The van der Waals surface area contributed by atoms with Crippen molar-refractivity contribution in [3.63, 3.8) is 0 Å². The Morgan fingerprint density at radius 1 is 1.21 bits per heavy atom. The summed E-state index contributed by atoms with van der Waals surface area (Å²) < 4.78 is 50.2. The van der Waals surface area contributed by atoms with Crippen molar-refractivity contribution in [2.24, 2.45) is 0 Å². The quantitative estimate of drug-likeness (QED) is 0.780. The summed E-state index contributed by atoms with van der Waals surface area (Å²) in [5, 5.41) is 2.29. The number of alkyl halides is 3. The molecule has 1 atom stereocenters. The number of amides is 1. The minimum absolute atomic E-state index is 0.0571. The number of rotatable bonds is 5. The predicted molar refractivity (Wildman–Crippen MR) is 98.6 cm³/mol. The van der Waals surface area contributed by atoms with E-state index in [0.29, 0.717) is 18.0 Å². The summed E-state index contributed by atoms with van der Waals surface area (Å²) in [6.45, 7) is 2.18. The first-order valence-corrected chi connectivity index (χ1v) is 8.79. The second-order valence-electron chi connectivity index (χ2n) is 6.46. The van der Waals surface area contributed by atoms with Gasteiger partial charge in [0.1, 0.15) is 0 Å². The lowest BCUT2D eigenvalue weighted by Gasteiger charge is -2.24. The molecule has 150 valence electrons. The molecule has 3 rings (SSSR count). The lowest BCUT2D eigenvalue weighted by atomic mass is 10.1. The maximum Gasteiger partial charge on any atom is 0.418 e. The summed E-state index contributed by atoms with van der Waals surface area (Å²) in [6.07, 6.45) is -4.63. The number of benzene rings is 2. The maximum atomic E-state index is 13.2. The molecule has 0 spiro atoms. The Morgan fingerprint density at radius 2 is 1.93 bits per heavy atom. The van der Waals surface area contributed by atoms with Crippen molar-refractivity contribution in [1.82, 2.24) is 4.90 Å². The van der Waals surface area contributed by atoms with Gasteiger partial charge in [-0.05, 0) is 49.9 Å². The zero-order valence-corrected chi connectivity index (χ0v) is 15.9. The normalized spacial score (nSPS) is 14.2. The molecular formula is C19H18ClF3N2O3. The van der Waals surface area contributed by atoms with Gasteiger partial charge in [0, 0.05) is 11.6 Å². The van der Waals surface area contributed by atoms with Gasteiger partial charge in [-0.15, -0.1) is 0 Å². The standard InChI is InChI=1S/C19H18ClF3N2O3/c1-11(25(2)9-12-3-6-16-17(7-12)28-10-27-16)18(26)24-15-5-4-13(20)8-14(15)19(21,22)23/h3-8,11H,9-10H2,1-2H3,(H,24,26)/t11-/m1/s1. The van der Waals surface area contributed by atoms with Gasteiger partial charge < -0.3 is 14.8 Å². The smallest absolute Gasteiger partial charge is 0.418 e. The van der Waals surface area contributed by atoms with E-state index in [1.807, 2.05) is 12.1 Å². The number of nitrogens with zero attached hydrogens (tertiary/aromatic N) is 1. The summed E-state index contributed by atoms with van der Waals surface area (Å²) >= 11 is 5.66. The number of nitrogens with one attached hydrogen (secondary N) is 1. The third-order valence-electron chi connectivity index (χ3n) is 4.45. The average molecular weight is 415 g/mol. The van der Waals surface area contributed by atoms with Crippen molar-refractivity contribution in [2.75, 3.05) is 19.2 Å². The third kappa shape index (κ3) is 4.51. The van der Waals surface area contributed by atoms with Gasteiger partial charge >= 0.3 is 6.18 Å². The molecule has 1 aliphatic rings. The van der Waals surface area contributed by atoms with Crippen LogP contribution in [0.2, 0.25) is 5.02 Å². The largest absolute Gasteiger partial charge is 0.454 e. The Bertz CT molecular complexity index is 889. The minimum Gasteiger partial charge on any atom is -0.454 e. The lowest BCUT2D eigenvalue weighted by Crippen LogP contribution is -2.39. The Hall–Kier alpha value is -2.45. The fourth-order valence-corrected chi connectivity index (χ4v) is 2.93. The fraction of sp³-hybridized carbons (Fsp3) is 0.316. The first-order chi connectivity index (χ1) is 13.1. The molecule has 2 aromatic carbocycles. The van der Waals surface area contributed by atoms with Crippen LogP contribution in [0.5, 0.6) is 11.5 Å². The van der Waals surface area contributed by atoms with Crippen molar-refractivity contribution < 1.29 is 27.4 Å². The Labute approximate surface area is 165 Å². The molecule has 0 unspecified atom stereocenters. The van der Waals surface area contributed by atoms with Gasteiger partial charge in [0.25, 0.3) is 0 Å². The van der Waals surface area contributed by atoms with Gasteiger partial charge in [0.05, 0.1) is 17.3 Å². The first kappa shape index (κ1) is 20.3. The van der Waals surface area contributed by atoms with Gasteiger partial charge in [0.2, 0.25) is 12.7 Å². The number of hydrogen-bond acceptors (Lipinski definition) is 4. The van der Waals surface area contributed by atoms with E-state index in [-0.39, 0.29) is 17.5 Å². The third-order valence-corrected chi connectivity index (χ3v) is 4.69. The summed E-state index contributed by atoms with van der Waals surface area (Å²) in [5.74, 6) is 0.717. The van der Waals surface area contributed by atoms with Crippen LogP contribution in [0.15, 0.2) is 36.4 Å². The number of likely N-dealkylation sites (N-methyl/N-ethyl adjacent to an activating group) is 1. The molecule has 28 heavy (non-hydrogen) atoms. The van der Waals surface area contributed by atoms with Crippen LogP contribution in [0.25, 0.3) is 0 Å². The van der Waals surface area contributed by atoms with Crippen molar-refractivity contribution in [3.8, 4) is 11.5 Å². The molecule has 1 amide bonds. The molecule has 5 nitrogen and oxygen atoms in total. The van der Waals surface area contributed by atoms with E-state index in [2.05, 4.69) is 5.32 Å². The second-order valence-corrected chi connectivity index (χ2v) is 6.89. The zero-order valence-electron chi connectivity index (χ0n) is 15.1. The van der Waals surface area contributed by atoms with Crippen molar-refractivity contribution >= 4 is 23.2 Å². The highest BCUT2D eigenvalue weighted by Crippen LogP contribution is 2.37. The number of carbonyl (C=O) groups is 1. The second kappa shape index (κ2) is 7.89. The average Bonchev–Trinajstić information content (AvgIpc) is 3.09. The van der Waals surface area contributed by atoms with Gasteiger partial charge in [-0.25, -0.2) is 0 Å². The van der Waals surface area contributed by atoms with E-state index >= 15 is 0 Å². The molecule has 9 heteroatoms. The molecule has 1 heterocycles. The first-order valence-electron chi connectivity index (χ1n) is 8.41. The number of anilines is 1. The maximum absolute atomic E-state index is 13.2. The fourth-order valence-electron chi connectivity index (χ4n) is 2.76. The monoisotopic (exact) mass is 414 g/mol. The van der Waals surface area contributed by atoms with E-state index in [1.165, 1.54) is 6.07 Å². The van der Waals surface area contributed by atoms with Crippen LogP contribution in [0.4, 0.5) is 18.9 Å². The Kier molecular flexibility index (Phi) is 5.71. The number of carbonyl (C=O) groups excluding carboxylic acids is 1. The molecule has 0 aliphatic carbocycles. The minimum atomic E-state index is -4.63. The van der Waals surface area contributed by atoms with Crippen LogP contribution in [0.3, 0.4) is 0 Å². The Morgan fingerprint density at radius 3 is 2.64 bits per heavy atom. The van der Waals surface area contributed by atoms with Crippen molar-refractivity contribution in [1.29, 1.82) is 0 Å². The molecule has 1 aliphatic heterocycles. The van der Waals surface area contributed by atoms with Crippen LogP contribution in [-0.4, -0.2) is 30.7 Å². The number of halogens is 4. The van der Waals surface area contributed by atoms with Gasteiger partial charge in [0.15, 0.2) is 11.5 Å². The topological polar surface area (TPSA) is 50.8 Å². The van der Waals surface area contributed by atoms with E-state index in [1.54, 1.807) is 24.9 Å². The molecule has 1 N–H and O–H groups in total. The summed E-state index contributed by atoms with van der Waals surface area (Å²) in [4.78, 5) is 14.2. The SMILES string of the molecule is C[C@H](C(=O)Nc1ccc(Cl)cc1C(F)(F)F)N(C)Cc1ccc2c(c1)OCO2. The number of fused-ring (bicyclic) bond motifs is 1. The number of ether oxygens (including phenoxy) is 2. The van der Waals surface area contributed by atoms with Gasteiger partial charge in [-0.3, -0.25) is 9.69 Å². The van der Waals surface area contributed by atoms with Crippen LogP contribution in [0.1, 0.15) is 18.1 Å². The molecule has 0 bridgehead atoms. The Balaban J connectivity index is 1.69. The summed E-state index contributed by atoms with van der Waals surface area (Å²) in [5.41, 5.74) is -0.432. The highest BCUT2D eigenvalue weighted by atomic mass is 35.5. The van der Waals surface area contributed by atoms with Crippen LogP contribution in [-0.2, 0) is 17.5 Å². The summed E-state index contributed by atoms with van der Waals surface area (Å²) in [7, 11) is 1.71. The van der Waals surface area contributed by atoms with E-state index in [4.69, 9.17) is 21.1 Å². The van der Waals surface area contributed by atoms with E-state index in [9.17, 15) is 18.0 Å². The molecule has 0 radical (unpaired) electrons. The van der Waals surface area contributed by atoms with Crippen LogP contribution < -0.4 is 14.8 Å². The van der Waals surface area contributed by atoms with Crippen LogP contribution >= 0.6 is 11.6 Å². The molecule has 2 aromatic rings. The van der Waals surface area contributed by atoms with Gasteiger partial charge in [-0.2, -0.15) is 13.2 Å². The molecule has 0 saturated heterocycles. The predicted octanol–water partition coefficient (Wildman–Crippen LogP) is 4.55. The zero-order chi connectivity index (χ0) is 20.5. The summed E-state index contributed by atoms with van der Waals surface area (Å²) in [6, 6.07) is 7.99. The van der Waals surface area contributed by atoms with Crippen molar-refractivity contribution in [3.05, 3.63) is 52.5 Å². The van der Waals surface area contributed by atoms with E-state index < -0.39 is 23.7 Å². The molecule has 0 saturated carbocycles. The molecule has 0 fully saturated rings. The van der Waals surface area contributed by atoms with Crippen LogP contribution in [0, 0.1) is 0 Å². The van der Waals surface area contributed by atoms with Gasteiger partial charge in [-0.1, -0.05) is 17.7 Å². The number of hydrogen-bond donors (Lipinski definition) is 1. The highest BCUT2D eigenvalue weighted by Gasteiger charge is 2.34. The lowest BCUT2D eigenvalue weighted by molar-refractivity contribution is -0.137. The molecular weight excluding hydrogens is 397 g/mol. The molecule has 0 aromatic heterocycles.